The number of anilines is 1. The van der Waals surface area contributed by atoms with Gasteiger partial charge in [0.15, 0.2) is 0 Å². The Morgan fingerprint density at radius 3 is 2.47 bits per heavy atom. The maximum Gasteiger partial charge on any atom is 0.337 e. The highest BCUT2D eigenvalue weighted by Crippen LogP contribution is 2.30. The van der Waals surface area contributed by atoms with E-state index in [0.717, 1.165) is 49.9 Å². The van der Waals surface area contributed by atoms with E-state index in [0.29, 0.717) is 12.4 Å². The summed E-state index contributed by atoms with van der Waals surface area (Å²) in [5, 5.41) is 11.2. The summed E-state index contributed by atoms with van der Waals surface area (Å²) in [6, 6.07) is 6.99. The Balaban J connectivity index is 1.09. The van der Waals surface area contributed by atoms with Crippen LogP contribution >= 0.6 is 0 Å². The van der Waals surface area contributed by atoms with Gasteiger partial charge in [-0.1, -0.05) is 0 Å². The highest BCUT2D eigenvalue weighted by atomic mass is 16.5. The molecule has 1 atom stereocenters. The molecule has 0 radical (unpaired) electrons. The quantitative estimate of drug-likeness (QED) is 0.377. The number of nitrogens with zero attached hydrogens (tertiary/aromatic N) is 4. The first-order valence-electron chi connectivity index (χ1n) is 12.5. The molecule has 4 heterocycles. The van der Waals surface area contributed by atoms with Crippen LogP contribution in [-0.4, -0.2) is 94.9 Å². The molecular formula is C26H27N5O7. The number of carbonyl (C=O) groups is 5. The predicted molar refractivity (Wildman–Crippen MR) is 133 cm³/mol. The number of amides is 4. The number of carbonyl (C=O) groups excluding carboxylic acids is 4. The Morgan fingerprint density at radius 1 is 1.03 bits per heavy atom. The van der Waals surface area contributed by atoms with E-state index in [1.807, 2.05) is 0 Å². The van der Waals surface area contributed by atoms with Gasteiger partial charge < -0.3 is 14.7 Å². The second kappa shape index (κ2) is 10.6. The SMILES string of the molecule is O=C1CCC(N2C(=O)c3ccc(OCCCN4CCN(c5ccc(C(=O)O)cn5)CC4)cc3C2=O)C(=O)N1. The number of aromatic carboxylic acids is 1. The molecule has 1 aromatic heterocycles. The number of aromatic nitrogens is 1. The fraction of sp³-hybridized carbons (Fsp3) is 0.385. The molecule has 12 heteroatoms. The molecule has 0 aliphatic carbocycles. The van der Waals surface area contributed by atoms with Gasteiger partial charge in [0, 0.05) is 45.3 Å². The van der Waals surface area contributed by atoms with E-state index >= 15 is 0 Å². The average molecular weight is 522 g/mol. The number of benzene rings is 1. The molecule has 198 valence electrons. The van der Waals surface area contributed by atoms with Crippen LogP contribution in [0.25, 0.3) is 0 Å². The van der Waals surface area contributed by atoms with Gasteiger partial charge in [0.25, 0.3) is 11.8 Å². The number of hydrogen-bond acceptors (Lipinski definition) is 9. The zero-order valence-corrected chi connectivity index (χ0v) is 20.6. The van der Waals surface area contributed by atoms with Crippen LogP contribution in [0.3, 0.4) is 0 Å². The van der Waals surface area contributed by atoms with E-state index in [-0.39, 0.29) is 29.5 Å². The molecule has 1 unspecified atom stereocenters. The number of hydrogen-bond donors (Lipinski definition) is 2. The molecule has 3 aliphatic heterocycles. The van der Waals surface area contributed by atoms with Crippen molar-refractivity contribution in [3.8, 4) is 5.75 Å². The number of ether oxygens (including phenoxy) is 1. The van der Waals surface area contributed by atoms with E-state index in [4.69, 9.17) is 9.84 Å². The van der Waals surface area contributed by atoms with Crippen LogP contribution in [-0.2, 0) is 9.59 Å². The average Bonchev–Trinajstić information content (AvgIpc) is 3.16. The Bertz CT molecular complexity index is 1290. The largest absolute Gasteiger partial charge is 0.494 e. The van der Waals surface area contributed by atoms with Crippen molar-refractivity contribution in [1.82, 2.24) is 20.1 Å². The van der Waals surface area contributed by atoms with Crippen LogP contribution in [0.4, 0.5) is 5.82 Å². The molecule has 4 amide bonds. The van der Waals surface area contributed by atoms with Crippen molar-refractivity contribution in [2.75, 3.05) is 44.2 Å². The van der Waals surface area contributed by atoms with E-state index in [1.54, 1.807) is 18.2 Å². The summed E-state index contributed by atoms with van der Waals surface area (Å²) < 4.78 is 5.84. The molecule has 3 aliphatic rings. The van der Waals surface area contributed by atoms with Gasteiger partial charge in [-0.15, -0.1) is 0 Å². The number of carboxylic acid groups (broad SMARTS) is 1. The van der Waals surface area contributed by atoms with Gasteiger partial charge in [-0.2, -0.15) is 0 Å². The van der Waals surface area contributed by atoms with Crippen LogP contribution in [0.1, 0.15) is 50.3 Å². The van der Waals surface area contributed by atoms with E-state index in [9.17, 15) is 24.0 Å². The normalized spacial score (nSPS) is 19.9. The van der Waals surface area contributed by atoms with Crippen LogP contribution in [0.5, 0.6) is 5.75 Å². The van der Waals surface area contributed by atoms with Crippen molar-refractivity contribution in [1.29, 1.82) is 0 Å². The van der Waals surface area contributed by atoms with Gasteiger partial charge in [-0.3, -0.25) is 34.3 Å². The zero-order valence-electron chi connectivity index (χ0n) is 20.6. The molecule has 0 bridgehead atoms. The lowest BCUT2D eigenvalue weighted by atomic mass is 10.0. The van der Waals surface area contributed by atoms with Gasteiger partial charge in [0.1, 0.15) is 17.6 Å². The summed E-state index contributed by atoms with van der Waals surface area (Å²) >= 11 is 0. The number of carboxylic acids is 1. The van der Waals surface area contributed by atoms with E-state index in [1.165, 1.54) is 18.3 Å². The number of nitrogens with one attached hydrogen (secondary N) is 1. The predicted octanol–water partition coefficient (Wildman–Crippen LogP) is 0.772. The van der Waals surface area contributed by atoms with Crippen LogP contribution in [0, 0.1) is 0 Å². The molecule has 2 fully saturated rings. The number of imide groups is 2. The monoisotopic (exact) mass is 521 g/mol. The molecule has 5 rings (SSSR count). The summed E-state index contributed by atoms with van der Waals surface area (Å²) in [5.74, 6) is -1.92. The maximum atomic E-state index is 12.9. The molecule has 2 saturated heterocycles. The summed E-state index contributed by atoms with van der Waals surface area (Å²) in [4.78, 5) is 70.0. The standard InChI is InChI=1S/C26H27N5O7/c32-22-7-5-20(23(33)28-22)31-24(34)18-4-3-17(14-19(18)25(31)35)38-13-1-8-29-9-11-30(12-10-29)21-6-2-16(15-27-21)26(36)37/h2-4,6,14-15,20H,1,5,7-13H2,(H,36,37)(H,28,32,33). The van der Waals surface area contributed by atoms with Crippen molar-refractivity contribution in [3.63, 3.8) is 0 Å². The first-order valence-corrected chi connectivity index (χ1v) is 12.5. The topological polar surface area (TPSA) is 149 Å². The van der Waals surface area contributed by atoms with Crippen molar-refractivity contribution in [2.24, 2.45) is 0 Å². The Kier molecular flexibility index (Phi) is 7.05. The number of piperidine rings is 1. The minimum absolute atomic E-state index is 0.0734. The number of fused-ring (bicyclic) bond motifs is 1. The van der Waals surface area contributed by atoms with Gasteiger partial charge in [0.05, 0.1) is 23.3 Å². The molecule has 1 aromatic carbocycles. The molecule has 2 aromatic rings. The fourth-order valence-electron chi connectivity index (χ4n) is 4.92. The third-order valence-electron chi connectivity index (χ3n) is 6.99. The first kappa shape index (κ1) is 25.3. The third kappa shape index (κ3) is 5.07. The summed E-state index contributed by atoms with van der Waals surface area (Å²) in [6.07, 6.45) is 2.32. The van der Waals surface area contributed by atoms with E-state index < -0.39 is 35.6 Å². The minimum Gasteiger partial charge on any atom is -0.494 e. The first-order chi connectivity index (χ1) is 18.3. The summed E-state index contributed by atoms with van der Waals surface area (Å²) in [6.45, 7) is 4.50. The maximum absolute atomic E-state index is 12.9. The van der Waals surface area contributed by atoms with Crippen LogP contribution in [0.2, 0.25) is 0 Å². The lowest BCUT2D eigenvalue weighted by Gasteiger charge is -2.35. The highest BCUT2D eigenvalue weighted by molar-refractivity contribution is 6.23. The van der Waals surface area contributed by atoms with Crippen molar-refractivity contribution in [2.45, 2.75) is 25.3 Å². The molecule has 0 saturated carbocycles. The lowest BCUT2D eigenvalue weighted by Crippen LogP contribution is -2.54. The summed E-state index contributed by atoms with van der Waals surface area (Å²) in [5.41, 5.74) is 0.577. The third-order valence-corrected chi connectivity index (χ3v) is 6.99. The van der Waals surface area contributed by atoms with E-state index in [2.05, 4.69) is 20.1 Å². The molecule has 0 spiro atoms. The molecular weight excluding hydrogens is 494 g/mol. The number of piperazine rings is 1. The van der Waals surface area contributed by atoms with Crippen molar-refractivity contribution < 1.29 is 33.8 Å². The van der Waals surface area contributed by atoms with Crippen molar-refractivity contribution >= 4 is 35.4 Å². The minimum atomic E-state index is -0.996. The Hall–Kier alpha value is -4.32. The number of pyridine rings is 1. The van der Waals surface area contributed by atoms with Crippen LogP contribution < -0.4 is 15.0 Å². The molecule has 2 N–H and O–H groups in total. The Labute approximate surface area is 218 Å². The second-order valence-electron chi connectivity index (χ2n) is 9.40. The Morgan fingerprint density at radius 2 is 1.79 bits per heavy atom. The fourth-order valence-corrected chi connectivity index (χ4v) is 4.92. The van der Waals surface area contributed by atoms with Gasteiger partial charge >= 0.3 is 5.97 Å². The molecule has 12 nitrogen and oxygen atoms in total. The molecule has 38 heavy (non-hydrogen) atoms. The number of rotatable bonds is 8. The van der Waals surface area contributed by atoms with Gasteiger partial charge in [0.2, 0.25) is 11.8 Å². The smallest absolute Gasteiger partial charge is 0.337 e. The highest BCUT2D eigenvalue weighted by Gasteiger charge is 2.44. The van der Waals surface area contributed by atoms with Crippen LogP contribution in [0.15, 0.2) is 36.5 Å². The lowest BCUT2D eigenvalue weighted by molar-refractivity contribution is -0.136. The zero-order chi connectivity index (χ0) is 26.8. The van der Waals surface area contributed by atoms with Gasteiger partial charge in [-0.25, -0.2) is 9.78 Å². The van der Waals surface area contributed by atoms with Crippen molar-refractivity contribution in [3.05, 3.63) is 53.2 Å². The summed E-state index contributed by atoms with van der Waals surface area (Å²) in [7, 11) is 0. The van der Waals surface area contributed by atoms with Gasteiger partial charge in [-0.05, 0) is 43.2 Å². The second-order valence-corrected chi connectivity index (χ2v) is 9.40.